The Morgan fingerprint density at radius 2 is 2.24 bits per heavy atom. The molecule has 0 heterocycles. The largest absolute Gasteiger partial charge is 0.491 e. The van der Waals surface area contributed by atoms with E-state index in [2.05, 4.69) is 10.6 Å². The van der Waals surface area contributed by atoms with Crippen LogP contribution >= 0.6 is 0 Å². The molecule has 0 spiro atoms. The smallest absolute Gasteiger partial charge is 0.319 e. The molecule has 0 aliphatic carbocycles. The van der Waals surface area contributed by atoms with Crippen LogP contribution in [0.3, 0.4) is 0 Å². The average molecular weight is 298 g/mol. The number of aliphatic hydroxyl groups excluding tert-OH is 1. The van der Waals surface area contributed by atoms with Crippen molar-refractivity contribution in [3.8, 4) is 5.75 Å². The summed E-state index contributed by atoms with van der Waals surface area (Å²) in [6.45, 7) is 3.26. The number of hydrogen-bond acceptors (Lipinski definition) is 3. The molecule has 0 saturated heterocycles. The van der Waals surface area contributed by atoms with Crippen molar-refractivity contribution in [2.75, 3.05) is 25.2 Å². The standard InChI is InChI=1S/C15H23FN2O3/c1-3-15(2,7-9-19)18-14(20)17-12-5-4-6-13(11-12)21-10-8-16/h4-6,11,19H,3,7-10H2,1-2H3,(H2,17,18,20). The number of halogens is 1. The van der Waals surface area contributed by atoms with Crippen molar-refractivity contribution in [1.82, 2.24) is 5.32 Å². The summed E-state index contributed by atoms with van der Waals surface area (Å²) in [6.07, 6.45) is 1.19. The number of carbonyl (C=O) groups is 1. The highest BCUT2D eigenvalue weighted by atomic mass is 19.1. The lowest BCUT2D eigenvalue weighted by molar-refractivity contribution is 0.208. The van der Waals surface area contributed by atoms with Crippen LogP contribution in [-0.2, 0) is 0 Å². The number of amides is 2. The Labute approximate surface area is 124 Å². The molecule has 1 atom stereocenters. The fourth-order valence-corrected chi connectivity index (χ4v) is 1.83. The van der Waals surface area contributed by atoms with Gasteiger partial charge in [-0.05, 0) is 31.9 Å². The molecule has 1 aromatic rings. The number of nitrogens with one attached hydrogen (secondary N) is 2. The zero-order valence-electron chi connectivity index (χ0n) is 12.5. The molecule has 0 saturated carbocycles. The Kier molecular flexibility index (Phi) is 6.94. The minimum absolute atomic E-state index is 0.0111. The van der Waals surface area contributed by atoms with Crippen LogP contribution in [0.4, 0.5) is 14.9 Å². The highest BCUT2D eigenvalue weighted by Crippen LogP contribution is 2.18. The molecule has 0 radical (unpaired) electrons. The zero-order chi connectivity index (χ0) is 15.7. The zero-order valence-corrected chi connectivity index (χ0v) is 12.5. The average Bonchev–Trinajstić information content (AvgIpc) is 2.45. The Hall–Kier alpha value is -1.82. The third-order valence-corrected chi connectivity index (χ3v) is 3.30. The Balaban J connectivity index is 2.61. The van der Waals surface area contributed by atoms with Crippen LogP contribution in [0.15, 0.2) is 24.3 Å². The molecule has 1 rings (SSSR count). The lowest BCUT2D eigenvalue weighted by Crippen LogP contribution is -2.48. The number of rotatable bonds is 8. The van der Waals surface area contributed by atoms with E-state index in [1.807, 2.05) is 13.8 Å². The summed E-state index contributed by atoms with van der Waals surface area (Å²) in [7, 11) is 0. The maximum Gasteiger partial charge on any atom is 0.319 e. The van der Waals surface area contributed by atoms with E-state index in [1.165, 1.54) is 0 Å². The summed E-state index contributed by atoms with van der Waals surface area (Å²) in [4.78, 5) is 12.0. The van der Waals surface area contributed by atoms with Gasteiger partial charge >= 0.3 is 6.03 Å². The van der Waals surface area contributed by atoms with E-state index < -0.39 is 12.2 Å². The second-order valence-electron chi connectivity index (χ2n) is 5.03. The van der Waals surface area contributed by atoms with Gasteiger partial charge in [0.25, 0.3) is 0 Å². The number of alkyl halides is 1. The summed E-state index contributed by atoms with van der Waals surface area (Å²) >= 11 is 0. The van der Waals surface area contributed by atoms with Gasteiger partial charge in [-0.3, -0.25) is 0 Å². The van der Waals surface area contributed by atoms with Crippen LogP contribution in [-0.4, -0.2) is 36.6 Å². The van der Waals surface area contributed by atoms with Crippen LogP contribution < -0.4 is 15.4 Å². The van der Waals surface area contributed by atoms with E-state index in [0.29, 0.717) is 24.3 Å². The van der Waals surface area contributed by atoms with Crippen molar-refractivity contribution in [2.24, 2.45) is 0 Å². The van der Waals surface area contributed by atoms with Gasteiger partial charge in [0.1, 0.15) is 19.0 Å². The number of urea groups is 1. The first-order valence-electron chi connectivity index (χ1n) is 7.02. The highest BCUT2D eigenvalue weighted by Gasteiger charge is 2.23. The predicted molar refractivity (Wildman–Crippen MR) is 80.5 cm³/mol. The molecule has 1 unspecified atom stereocenters. The minimum atomic E-state index is -0.561. The van der Waals surface area contributed by atoms with Gasteiger partial charge in [-0.1, -0.05) is 13.0 Å². The fraction of sp³-hybridized carbons (Fsp3) is 0.533. The maximum atomic E-state index is 12.1. The second kappa shape index (κ2) is 8.46. The van der Waals surface area contributed by atoms with Crippen molar-refractivity contribution in [3.05, 3.63) is 24.3 Å². The van der Waals surface area contributed by atoms with E-state index in [0.717, 1.165) is 0 Å². The highest BCUT2D eigenvalue weighted by molar-refractivity contribution is 5.89. The van der Waals surface area contributed by atoms with Crippen LogP contribution in [0.5, 0.6) is 5.75 Å². The van der Waals surface area contributed by atoms with Gasteiger partial charge in [0.05, 0.1) is 0 Å². The molecule has 21 heavy (non-hydrogen) atoms. The fourth-order valence-electron chi connectivity index (χ4n) is 1.83. The van der Waals surface area contributed by atoms with Crippen LogP contribution in [0, 0.1) is 0 Å². The van der Waals surface area contributed by atoms with Crippen molar-refractivity contribution in [1.29, 1.82) is 0 Å². The third-order valence-electron chi connectivity index (χ3n) is 3.30. The molecular formula is C15H23FN2O3. The van der Waals surface area contributed by atoms with Crippen LogP contribution in [0.2, 0.25) is 0 Å². The minimum Gasteiger partial charge on any atom is -0.491 e. The van der Waals surface area contributed by atoms with Gasteiger partial charge in [0.15, 0.2) is 0 Å². The SMILES string of the molecule is CCC(C)(CCO)NC(=O)Nc1cccc(OCCF)c1. The Morgan fingerprint density at radius 1 is 1.48 bits per heavy atom. The predicted octanol–water partition coefficient (Wildman–Crippen LogP) is 2.71. The lowest BCUT2D eigenvalue weighted by Gasteiger charge is -2.29. The molecule has 5 nitrogen and oxygen atoms in total. The first kappa shape index (κ1) is 17.2. The molecule has 3 N–H and O–H groups in total. The maximum absolute atomic E-state index is 12.1. The van der Waals surface area contributed by atoms with E-state index >= 15 is 0 Å². The topological polar surface area (TPSA) is 70.6 Å². The molecule has 0 fully saturated rings. The third kappa shape index (κ3) is 5.99. The van der Waals surface area contributed by atoms with Crippen molar-refractivity contribution in [3.63, 3.8) is 0 Å². The quantitative estimate of drug-likeness (QED) is 0.691. The molecule has 118 valence electrons. The number of benzene rings is 1. The number of anilines is 1. The summed E-state index contributed by atoms with van der Waals surface area (Å²) in [5.41, 5.74) is 0.104. The Bertz CT molecular complexity index is 456. The van der Waals surface area contributed by atoms with E-state index in [-0.39, 0.29) is 19.2 Å². The molecule has 1 aromatic carbocycles. The lowest BCUT2D eigenvalue weighted by atomic mass is 9.95. The van der Waals surface area contributed by atoms with Crippen molar-refractivity contribution >= 4 is 11.7 Å². The summed E-state index contributed by atoms with van der Waals surface area (Å²) in [6, 6.07) is 6.41. The van der Waals surface area contributed by atoms with E-state index in [9.17, 15) is 9.18 Å². The molecular weight excluding hydrogens is 275 g/mol. The molecule has 0 aliphatic rings. The summed E-state index contributed by atoms with van der Waals surface area (Å²) in [5.74, 6) is 0.499. The molecule has 0 bridgehead atoms. The number of ether oxygens (including phenoxy) is 1. The summed E-state index contributed by atoms with van der Waals surface area (Å²) < 4.78 is 17.2. The normalized spacial score (nSPS) is 13.3. The van der Waals surface area contributed by atoms with E-state index in [4.69, 9.17) is 9.84 Å². The molecule has 0 aromatic heterocycles. The van der Waals surface area contributed by atoms with Gasteiger partial charge in [-0.15, -0.1) is 0 Å². The number of hydrogen-bond donors (Lipinski definition) is 3. The van der Waals surface area contributed by atoms with Gasteiger partial charge in [-0.25, -0.2) is 9.18 Å². The number of carbonyl (C=O) groups excluding carboxylic acids is 1. The van der Waals surface area contributed by atoms with Crippen LogP contribution in [0.25, 0.3) is 0 Å². The molecule has 2 amide bonds. The first-order chi connectivity index (χ1) is 10.0. The monoisotopic (exact) mass is 298 g/mol. The molecule has 6 heteroatoms. The van der Waals surface area contributed by atoms with Gasteiger partial charge < -0.3 is 20.5 Å². The summed E-state index contributed by atoms with van der Waals surface area (Å²) in [5, 5.41) is 14.6. The second-order valence-corrected chi connectivity index (χ2v) is 5.03. The van der Waals surface area contributed by atoms with Crippen LogP contribution in [0.1, 0.15) is 26.7 Å². The van der Waals surface area contributed by atoms with Crippen molar-refractivity contribution < 1.29 is 19.0 Å². The van der Waals surface area contributed by atoms with Gasteiger partial charge in [-0.2, -0.15) is 0 Å². The Morgan fingerprint density at radius 3 is 2.86 bits per heavy atom. The van der Waals surface area contributed by atoms with Crippen molar-refractivity contribution in [2.45, 2.75) is 32.2 Å². The van der Waals surface area contributed by atoms with Gasteiger partial charge in [0.2, 0.25) is 0 Å². The number of aliphatic hydroxyl groups is 1. The molecule has 0 aliphatic heterocycles. The van der Waals surface area contributed by atoms with Gasteiger partial charge in [0, 0.05) is 23.9 Å². The first-order valence-corrected chi connectivity index (χ1v) is 7.02. The van der Waals surface area contributed by atoms with E-state index in [1.54, 1.807) is 24.3 Å².